The van der Waals surface area contributed by atoms with Crippen molar-refractivity contribution < 1.29 is 4.57 Å². The zero-order valence-corrected chi connectivity index (χ0v) is 17.1. The number of benzene rings is 3. The van der Waals surface area contributed by atoms with Crippen LogP contribution in [-0.4, -0.2) is 0 Å². The summed E-state index contributed by atoms with van der Waals surface area (Å²) in [5.74, 6) is 0. The monoisotopic (exact) mass is 366 g/mol. The smallest absolute Gasteiger partial charge is 0.186 e. The van der Waals surface area contributed by atoms with Crippen molar-refractivity contribution in [2.24, 2.45) is 0 Å². The molecule has 1 nitrogen and oxygen atoms in total. The summed E-state index contributed by atoms with van der Waals surface area (Å²) in [6.45, 7) is 6.99. The fraction of sp³-hybridized carbons (Fsp3) is 0.296. The van der Waals surface area contributed by atoms with Gasteiger partial charge in [-0.1, -0.05) is 62.4 Å². The van der Waals surface area contributed by atoms with E-state index in [4.69, 9.17) is 0 Å². The van der Waals surface area contributed by atoms with Crippen LogP contribution in [0, 0.1) is 6.92 Å². The first kappa shape index (κ1) is 17.4. The van der Waals surface area contributed by atoms with Crippen LogP contribution < -0.4 is 4.57 Å². The Kier molecular flexibility index (Phi) is 4.01. The molecule has 3 aromatic carbocycles. The van der Waals surface area contributed by atoms with Crippen molar-refractivity contribution in [2.75, 3.05) is 0 Å². The number of hydrogen-bond donors (Lipinski definition) is 0. The lowest BCUT2D eigenvalue weighted by molar-refractivity contribution is -0.734. The molecule has 1 aliphatic rings. The van der Waals surface area contributed by atoms with Gasteiger partial charge in [0, 0.05) is 36.8 Å². The molecule has 5 rings (SSSR count). The average Bonchev–Trinajstić information content (AvgIpc) is 2.89. The van der Waals surface area contributed by atoms with E-state index in [2.05, 4.69) is 92.1 Å². The van der Waals surface area contributed by atoms with E-state index in [1.165, 1.54) is 50.5 Å². The van der Waals surface area contributed by atoms with Crippen LogP contribution in [0.5, 0.6) is 0 Å². The minimum Gasteiger partial charge on any atom is -0.186 e. The third-order valence-electron chi connectivity index (χ3n) is 7.09. The summed E-state index contributed by atoms with van der Waals surface area (Å²) < 4.78 is 2.70. The Hall–Kier alpha value is -2.67. The Labute approximate surface area is 167 Å². The van der Waals surface area contributed by atoms with Crippen molar-refractivity contribution in [2.45, 2.75) is 52.0 Å². The van der Waals surface area contributed by atoms with Crippen LogP contribution in [0.3, 0.4) is 0 Å². The van der Waals surface area contributed by atoms with Crippen molar-refractivity contribution in [1.82, 2.24) is 0 Å². The second-order valence-electron chi connectivity index (χ2n) is 8.32. The molecule has 0 saturated carbocycles. The molecule has 0 atom stereocenters. The van der Waals surface area contributed by atoms with Crippen LogP contribution in [0.1, 0.15) is 44.2 Å². The van der Waals surface area contributed by atoms with E-state index in [0.29, 0.717) is 0 Å². The molecule has 28 heavy (non-hydrogen) atoms. The van der Waals surface area contributed by atoms with E-state index < -0.39 is 0 Å². The molecule has 0 unspecified atom stereocenters. The van der Waals surface area contributed by atoms with E-state index >= 15 is 0 Å². The second kappa shape index (κ2) is 6.44. The lowest BCUT2D eigenvalue weighted by Crippen LogP contribution is -2.57. The summed E-state index contributed by atoms with van der Waals surface area (Å²) in [4.78, 5) is 0. The molecule has 0 radical (unpaired) electrons. The van der Waals surface area contributed by atoms with Crippen molar-refractivity contribution in [3.8, 4) is 11.3 Å². The van der Waals surface area contributed by atoms with Crippen molar-refractivity contribution in [3.63, 3.8) is 0 Å². The molecule has 140 valence electrons. The van der Waals surface area contributed by atoms with Crippen LogP contribution in [0.4, 0.5) is 0 Å². The largest absolute Gasteiger partial charge is 0.214 e. The molecule has 0 bridgehead atoms. The molecule has 1 aromatic heterocycles. The first-order chi connectivity index (χ1) is 13.7. The van der Waals surface area contributed by atoms with Gasteiger partial charge in [-0.05, 0) is 41.3 Å². The summed E-state index contributed by atoms with van der Waals surface area (Å²) in [5.41, 5.74) is 7.22. The normalized spacial score (nSPS) is 15.2. The molecular formula is C27H28N+. The van der Waals surface area contributed by atoms with Crippen molar-refractivity contribution >= 4 is 21.7 Å². The Morgan fingerprint density at radius 1 is 0.857 bits per heavy atom. The second-order valence-corrected chi connectivity index (χ2v) is 8.32. The maximum Gasteiger partial charge on any atom is 0.214 e. The number of aryl methyl sites for hydroxylation is 2. The highest BCUT2D eigenvalue weighted by Gasteiger charge is 2.43. The number of nitrogens with zero attached hydrogens (tertiary/aromatic N) is 1. The first-order valence-electron chi connectivity index (χ1n) is 10.6. The predicted molar refractivity (Wildman–Crippen MR) is 119 cm³/mol. The van der Waals surface area contributed by atoms with Crippen LogP contribution in [0.2, 0.25) is 0 Å². The standard InChI is InChI=1S/C27H28N/c1-4-27(5-2)17-16-21-15-14-20-10-6-7-12-23(20)26(21)25-18-19(3)22-11-8-9-13-24(22)28(25)27/h6-15,18H,4-5,16-17H2,1-3H3/q+1. The van der Waals surface area contributed by atoms with Crippen LogP contribution >= 0.6 is 0 Å². The van der Waals surface area contributed by atoms with Crippen molar-refractivity contribution in [3.05, 3.63) is 77.9 Å². The summed E-state index contributed by atoms with van der Waals surface area (Å²) >= 11 is 0. The van der Waals surface area contributed by atoms with Gasteiger partial charge < -0.3 is 0 Å². The van der Waals surface area contributed by atoms with Gasteiger partial charge in [0.15, 0.2) is 5.54 Å². The zero-order valence-electron chi connectivity index (χ0n) is 17.1. The number of para-hydroxylation sites is 1. The van der Waals surface area contributed by atoms with Gasteiger partial charge in [-0.2, -0.15) is 4.57 Å². The van der Waals surface area contributed by atoms with Crippen LogP contribution in [0.15, 0.2) is 66.7 Å². The third kappa shape index (κ3) is 2.35. The van der Waals surface area contributed by atoms with Crippen molar-refractivity contribution in [1.29, 1.82) is 0 Å². The van der Waals surface area contributed by atoms with E-state index in [1.807, 2.05) is 0 Å². The summed E-state index contributed by atoms with van der Waals surface area (Å²) in [5, 5.41) is 4.09. The van der Waals surface area contributed by atoms with Crippen LogP contribution in [-0.2, 0) is 12.0 Å². The van der Waals surface area contributed by atoms with Crippen LogP contribution in [0.25, 0.3) is 32.9 Å². The molecule has 0 spiro atoms. The van der Waals surface area contributed by atoms with Gasteiger partial charge in [0.2, 0.25) is 11.2 Å². The lowest BCUT2D eigenvalue weighted by atomic mass is 9.86. The molecule has 1 heteroatoms. The number of pyridine rings is 1. The minimum atomic E-state index is 0.156. The van der Waals surface area contributed by atoms with E-state index in [-0.39, 0.29) is 5.54 Å². The summed E-state index contributed by atoms with van der Waals surface area (Å²) in [6.07, 6.45) is 4.63. The van der Waals surface area contributed by atoms with E-state index in [9.17, 15) is 0 Å². The molecule has 0 N–H and O–H groups in total. The maximum absolute atomic E-state index is 2.70. The van der Waals surface area contributed by atoms with E-state index in [0.717, 1.165) is 19.3 Å². The molecule has 0 aliphatic carbocycles. The summed E-state index contributed by atoms with van der Waals surface area (Å²) in [6, 6.07) is 24.9. The number of rotatable bonds is 2. The highest BCUT2D eigenvalue weighted by Crippen LogP contribution is 2.40. The molecule has 2 heterocycles. The minimum absolute atomic E-state index is 0.156. The molecule has 0 fully saturated rings. The highest BCUT2D eigenvalue weighted by atomic mass is 15.1. The van der Waals surface area contributed by atoms with Gasteiger partial charge in [0.05, 0.1) is 5.56 Å². The van der Waals surface area contributed by atoms with Gasteiger partial charge in [-0.3, -0.25) is 0 Å². The van der Waals surface area contributed by atoms with Gasteiger partial charge >= 0.3 is 0 Å². The van der Waals surface area contributed by atoms with Gasteiger partial charge in [-0.15, -0.1) is 0 Å². The fourth-order valence-electron chi connectivity index (χ4n) is 5.40. The Balaban J connectivity index is 2.01. The molecule has 0 amide bonds. The Morgan fingerprint density at radius 2 is 1.57 bits per heavy atom. The zero-order chi connectivity index (χ0) is 19.3. The van der Waals surface area contributed by atoms with E-state index in [1.54, 1.807) is 0 Å². The number of fused-ring (bicyclic) bond motifs is 7. The van der Waals surface area contributed by atoms with Gasteiger partial charge in [0.25, 0.3) is 0 Å². The molecular weight excluding hydrogens is 338 g/mol. The fourth-order valence-corrected chi connectivity index (χ4v) is 5.40. The van der Waals surface area contributed by atoms with Gasteiger partial charge in [-0.25, -0.2) is 0 Å². The topological polar surface area (TPSA) is 3.88 Å². The lowest BCUT2D eigenvalue weighted by Gasteiger charge is -2.27. The molecule has 4 aromatic rings. The Bertz CT molecular complexity index is 1200. The Morgan fingerprint density at radius 3 is 2.36 bits per heavy atom. The number of hydrogen-bond acceptors (Lipinski definition) is 0. The molecule has 1 aliphatic heterocycles. The summed E-state index contributed by atoms with van der Waals surface area (Å²) in [7, 11) is 0. The average molecular weight is 367 g/mol. The predicted octanol–water partition coefficient (Wildman–Crippen LogP) is 6.72. The van der Waals surface area contributed by atoms with Gasteiger partial charge in [0.1, 0.15) is 0 Å². The SMILES string of the molecule is CCC1(CC)CCc2ccc3ccccc3c2-c2cc(C)c3ccccc3[n+]21. The third-order valence-corrected chi connectivity index (χ3v) is 7.09. The quantitative estimate of drug-likeness (QED) is 0.347. The number of aromatic nitrogens is 1. The molecule has 0 saturated heterocycles. The maximum atomic E-state index is 2.70. The highest BCUT2D eigenvalue weighted by molar-refractivity contribution is 5.98. The first-order valence-corrected chi connectivity index (χ1v) is 10.6.